The van der Waals surface area contributed by atoms with Crippen LogP contribution < -0.4 is 14.2 Å². The molecule has 0 unspecified atom stereocenters. The SMILES string of the molecule is COc1ccc(/C=C/C(=O)c2ccc(OC)c3c2OC(C)(C)C=C3)cn1. The fraction of sp³-hybridized carbons (Fsp3) is 0.238. The van der Waals surface area contributed by atoms with E-state index in [0.717, 1.165) is 11.1 Å². The molecule has 0 bridgehead atoms. The molecule has 0 amide bonds. The number of carbonyl (C=O) groups excluding carboxylic acids is 1. The number of hydrogen-bond donors (Lipinski definition) is 0. The molecule has 0 saturated carbocycles. The second-order valence-electron chi connectivity index (χ2n) is 6.43. The maximum atomic E-state index is 12.7. The van der Waals surface area contributed by atoms with Gasteiger partial charge in [-0.2, -0.15) is 0 Å². The molecule has 1 aliphatic heterocycles. The highest BCUT2D eigenvalue weighted by atomic mass is 16.5. The predicted molar refractivity (Wildman–Crippen MR) is 101 cm³/mol. The number of ketones is 1. The van der Waals surface area contributed by atoms with Gasteiger partial charge in [0.15, 0.2) is 5.78 Å². The molecule has 5 nitrogen and oxygen atoms in total. The lowest BCUT2D eigenvalue weighted by Crippen LogP contribution is -2.28. The number of allylic oxidation sites excluding steroid dienone is 1. The number of carbonyl (C=O) groups is 1. The van der Waals surface area contributed by atoms with Crippen molar-refractivity contribution in [1.82, 2.24) is 4.98 Å². The molecule has 1 aromatic carbocycles. The zero-order valence-electron chi connectivity index (χ0n) is 15.3. The first-order valence-electron chi connectivity index (χ1n) is 8.25. The van der Waals surface area contributed by atoms with Crippen molar-refractivity contribution in [3.63, 3.8) is 0 Å². The van der Waals surface area contributed by atoms with Crippen molar-refractivity contribution in [3.8, 4) is 17.4 Å². The highest BCUT2D eigenvalue weighted by molar-refractivity contribution is 6.09. The first-order chi connectivity index (χ1) is 12.4. The van der Waals surface area contributed by atoms with Crippen LogP contribution in [0, 0.1) is 0 Å². The van der Waals surface area contributed by atoms with Gasteiger partial charge in [0.2, 0.25) is 5.88 Å². The third-order valence-electron chi connectivity index (χ3n) is 4.05. The topological polar surface area (TPSA) is 57.7 Å². The smallest absolute Gasteiger partial charge is 0.212 e. The zero-order valence-corrected chi connectivity index (χ0v) is 15.3. The van der Waals surface area contributed by atoms with Crippen molar-refractivity contribution in [2.45, 2.75) is 19.4 Å². The number of hydrogen-bond acceptors (Lipinski definition) is 5. The molecule has 0 saturated heterocycles. The molecule has 0 radical (unpaired) electrons. The minimum atomic E-state index is -0.488. The molecule has 0 spiro atoms. The van der Waals surface area contributed by atoms with Crippen molar-refractivity contribution in [2.75, 3.05) is 14.2 Å². The number of rotatable bonds is 5. The fourth-order valence-corrected chi connectivity index (χ4v) is 2.68. The van der Waals surface area contributed by atoms with Gasteiger partial charge in [0.05, 0.1) is 25.3 Å². The van der Waals surface area contributed by atoms with E-state index in [1.165, 1.54) is 6.08 Å². The van der Waals surface area contributed by atoms with Crippen LogP contribution in [0.2, 0.25) is 0 Å². The van der Waals surface area contributed by atoms with E-state index < -0.39 is 5.60 Å². The normalized spacial score (nSPS) is 14.6. The van der Waals surface area contributed by atoms with Crippen molar-refractivity contribution in [3.05, 3.63) is 59.3 Å². The zero-order chi connectivity index (χ0) is 18.7. The summed E-state index contributed by atoms with van der Waals surface area (Å²) in [6, 6.07) is 7.09. The second kappa shape index (κ2) is 7.04. The first kappa shape index (κ1) is 17.7. The number of ether oxygens (including phenoxy) is 3. The Labute approximate surface area is 152 Å². The van der Waals surface area contributed by atoms with Gasteiger partial charge in [-0.05, 0) is 61.9 Å². The monoisotopic (exact) mass is 351 g/mol. The van der Waals surface area contributed by atoms with E-state index in [2.05, 4.69) is 4.98 Å². The average molecular weight is 351 g/mol. The summed E-state index contributed by atoms with van der Waals surface area (Å²) in [4.78, 5) is 16.9. The van der Waals surface area contributed by atoms with Gasteiger partial charge < -0.3 is 14.2 Å². The average Bonchev–Trinajstić information content (AvgIpc) is 2.64. The largest absolute Gasteiger partial charge is 0.496 e. The molecule has 0 N–H and O–H groups in total. The molecule has 5 heteroatoms. The number of methoxy groups -OCH3 is 2. The Morgan fingerprint density at radius 2 is 1.96 bits per heavy atom. The molecule has 2 aromatic rings. The van der Waals surface area contributed by atoms with Crippen LogP contribution in [0.4, 0.5) is 0 Å². The van der Waals surface area contributed by atoms with Crippen molar-refractivity contribution in [2.24, 2.45) is 0 Å². The van der Waals surface area contributed by atoms with Gasteiger partial charge in [-0.3, -0.25) is 4.79 Å². The van der Waals surface area contributed by atoms with Crippen LogP contribution in [0.5, 0.6) is 17.4 Å². The highest BCUT2D eigenvalue weighted by Gasteiger charge is 2.27. The molecule has 0 fully saturated rings. The van der Waals surface area contributed by atoms with E-state index in [1.54, 1.807) is 44.7 Å². The number of pyridine rings is 1. The number of fused-ring (bicyclic) bond motifs is 1. The van der Waals surface area contributed by atoms with Crippen molar-refractivity contribution in [1.29, 1.82) is 0 Å². The molecule has 0 atom stereocenters. The summed E-state index contributed by atoms with van der Waals surface area (Å²) in [5, 5.41) is 0. The molecule has 2 heterocycles. The van der Waals surface area contributed by atoms with E-state index in [1.807, 2.05) is 32.1 Å². The molecule has 1 aromatic heterocycles. The molecular weight excluding hydrogens is 330 g/mol. The van der Waals surface area contributed by atoms with Crippen molar-refractivity contribution < 1.29 is 19.0 Å². The Kier molecular flexibility index (Phi) is 4.80. The maximum absolute atomic E-state index is 12.7. The van der Waals surface area contributed by atoms with Crippen LogP contribution >= 0.6 is 0 Å². The van der Waals surface area contributed by atoms with Crippen LogP contribution in [0.3, 0.4) is 0 Å². The number of aromatic nitrogens is 1. The minimum Gasteiger partial charge on any atom is -0.496 e. The van der Waals surface area contributed by atoms with Gasteiger partial charge >= 0.3 is 0 Å². The van der Waals surface area contributed by atoms with Crippen LogP contribution in [-0.4, -0.2) is 30.6 Å². The van der Waals surface area contributed by atoms with E-state index in [0.29, 0.717) is 22.9 Å². The summed E-state index contributed by atoms with van der Waals surface area (Å²) in [7, 11) is 3.16. The van der Waals surface area contributed by atoms with Crippen molar-refractivity contribution >= 4 is 17.9 Å². The molecular formula is C21H21NO4. The van der Waals surface area contributed by atoms with Gasteiger partial charge in [-0.25, -0.2) is 4.98 Å². The Morgan fingerprint density at radius 1 is 1.15 bits per heavy atom. The van der Waals surface area contributed by atoms with E-state index >= 15 is 0 Å². The highest BCUT2D eigenvalue weighted by Crippen LogP contribution is 2.39. The third kappa shape index (κ3) is 3.61. The number of nitrogens with zero attached hydrogens (tertiary/aromatic N) is 1. The Balaban J connectivity index is 1.92. The fourth-order valence-electron chi connectivity index (χ4n) is 2.68. The van der Waals surface area contributed by atoms with E-state index in [9.17, 15) is 4.79 Å². The quantitative estimate of drug-likeness (QED) is 0.597. The summed E-state index contributed by atoms with van der Waals surface area (Å²) in [5.41, 5.74) is 1.59. The predicted octanol–water partition coefficient (Wildman–Crippen LogP) is 4.18. The second-order valence-corrected chi connectivity index (χ2v) is 6.43. The van der Waals surface area contributed by atoms with Crippen LogP contribution in [0.15, 0.2) is 42.6 Å². The summed E-state index contributed by atoms with van der Waals surface area (Å²) in [5.74, 6) is 1.59. The minimum absolute atomic E-state index is 0.147. The van der Waals surface area contributed by atoms with Crippen LogP contribution in [0.25, 0.3) is 12.2 Å². The molecule has 26 heavy (non-hydrogen) atoms. The summed E-state index contributed by atoms with van der Waals surface area (Å²) >= 11 is 0. The summed E-state index contributed by atoms with van der Waals surface area (Å²) in [6.45, 7) is 3.89. The van der Waals surface area contributed by atoms with Gasteiger partial charge in [-0.15, -0.1) is 0 Å². The Morgan fingerprint density at radius 3 is 2.62 bits per heavy atom. The lowest BCUT2D eigenvalue weighted by atomic mass is 9.97. The Bertz CT molecular complexity index is 880. The van der Waals surface area contributed by atoms with Gasteiger partial charge in [0, 0.05) is 12.3 Å². The summed E-state index contributed by atoms with van der Waals surface area (Å²) < 4.78 is 16.5. The Hall–Kier alpha value is -3.08. The van der Waals surface area contributed by atoms with E-state index in [-0.39, 0.29) is 5.78 Å². The third-order valence-corrected chi connectivity index (χ3v) is 4.05. The van der Waals surface area contributed by atoms with Gasteiger partial charge in [0.25, 0.3) is 0 Å². The molecule has 1 aliphatic rings. The van der Waals surface area contributed by atoms with E-state index in [4.69, 9.17) is 14.2 Å². The maximum Gasteiger partial charge on any atom is 0.212 e. The van der Waals surface area contributed by atoms with Gasteiger partial charge in [-0.1, -0.05) is 0 Å². The lowest BCUT2D eigenvalue weighted by Gasteiger charge is -2.29. The number of benzene rings is 1. The standard InChI is InChI=1S/C21H21NO4/c1-21(2)12-11-16-18(24-3)9-7-15(20(16)26-21)17(23)8-5-14-6-10-19(25-4)22-13-14/h5-13H,1-4H3/b8-5+. The van der Waals surface area contributed by atoms with Gasteiger partial charge in [0.1, 0.15) is 17.1 Å². The molecule has 3 rings (SSSR count). The van der Waals surface area contributed by atoms with Crippen LogP contribution in [0.1, 0.15) is 35.3 Å². The summed E-state index contributed by atoms with van der Waals surface area (Å²) in [6.07, 6.45) is 8.76. The lowest BCUT2D eigenvalue weighted by molar-refractivity contribution is 0.103. The molecule has 0 aliphatic carbocycles. The molecule has 134 valence electrons. The van der Waals surface area contributed by atoms with Crippen LogP contribution in [-0.2, 0) is 0 Å². The first-order valence-corrected chi connectivity index (χ1v) is 8.25.